The minimum absolute atomic E-state index is 0.0326. The summed E-state index contributed by atoms with van der Waals surface area (Å²) in [4.78, 5) is 24.2. The van der Waals surface area contributed by atoms with Gasteiger partial charge in [-0.15, -0.1) is 0 Å². The van der Waals surface area contributed by atoms with E-state index in [4.69, 9.17) is 0 Å². The van der Waals surface area contributed by atoms with E-state index in [1.165, 1.54) is 6.92 Å². The van der Waals surface area contributed by atoms with E-state index in [0.717, 1.165) is 25.1 Å². The molecular formula is C16H19N3O2. The molecule has 110 valence electrons. The van der Waals surface area contributed by atoms with Gasteiger partial charge in [-0.1, -0.05) is 0 Å². The maximum absolute atomic E-state index is 12.7. The fourth-order valence-corrected chi connectivity index (χ4v) is 2.89. The lowest BCUT2D eigenvalue weighted by Gasteiger charge is -2.14. The number of aryl methyl sites for hydroxylation is 1. The van der Waals surface area contributed by atoms with Gasteiger partial charge in [-0.2, -0.15) is 0 Å². The lowest BCUT2D eigenvalue weighted by molar-refractivity contribution is 0.0947. The van der Waals surface area contributed by atoms with Gasteiger partial charge in [0.25, 0.3) is 5.91 Å². The summed E-state index contributed by atoms with van der Waals surface area (Å²) in [5.74, 6) is -0.131. The van der Waals surface area contributed by atoms with E-state index in [1.54, 1.807) is 34.6 Å². The largest absolute Gasteiger partial charge is 0.346 e. The SMILES string of the molecule is CC(=O)c1cc(C(=O)n2cccc2[C@H]2CCCN2)n(C)c1. The number of aromatic nitrogens is 2. The molecule has 2 aromatic heterocycles. The molecule has 21 heavy (non-hydrogen) atoms. The van der Waals surface area contributed by atoms with Crippen molar-refractivity contribution in [3.8, 4) is 0 Å². The standard InChI is InChI=1S/C16H19N3O2/c1-11(20)12-9-15(18(2)10-12)16(21)19-8-4-6-14(19)13-5-3-7-17-13/h4,6,8-10,13,17H,3,5,7H2,1-2H3/t13-/m1/s1. The third-order valence-corrected chi connectivity index (χ3v) is 4.05. The van der Waals surface area contributed by atoms with Gasteiger partial charge in [0, 0.05) is 36.7 Å². The van der Waals surface area contributed by atoms with Crippen LogP contribution in [-0.4, -0.2) is 27.4 Å². The zero-order valence-electron chi connectivity index (χ0n) is 12.3. The Balaban J connectivity index is 1.95. The Kier molecular flexibility index (Phi) is 3.51. The van der Waals surface area contributed by atoms with Crippen molar-refractivity contribution in [1.82, 2.24) is 14.5 Å². The van der Waals surface area contributed by atoms with Gasteiger partial charge in [0.05, 0.1) is 0 Å². The van der Waals surface area contributed by atoms with Gasteiger partial charge in [0.15, 0.2) is 5.78 Å². The highest BCUT2D eigenvalue weighted by Crippen LogP contribution is 2.24. The maximum Gasteiger partial charge on any atom is 0.278 e. The van der Waals surface area contributed by atoms with Crippen molar-refractivity contribution < 1.29 is 9.59 Å². The van der Waals surface area contributed by atoms with Crippen LogP contribution in [-0.2, 0) is 7.05 Å². The summed E-state index contributed by atoms with van der Waals surface area (Å²) in [6.45, 7) is 2.50. The number of carbonyl (C=O) groups excluding carboxylic acids is 2. The number of nitrogens with one attached hydrogen (secondary N) is 1. The van der Waals surface area contributed by atoms with Crippen molar-refractivity contribution in [2.45, 2.75) is 25.8 Å². The molecule has 1 aliphatic rings. The average Bonchev–Trinajstić information content (AvgIpc) is 3.17. The molecule has 5 nitrogen and oxygen atoms in total. The van der Waals surface area contributed by atoms with E-state index < -0.39 is 0 Å². The summed E-state index contributed by atoms with van der Waals surface area (Å²) in [7, 11) is 1.79. The summed E-state index contributed by atoms with van der Waals surface area (Å²) in [6, 6.07) is 5.77. The molecule has 5 heteroatoms. The van der Waals surface area contributed by atoms with Gasteiger partial charge in [0.2, 0.25) is 0 Å². The van der Waals surface area contributed by atoms with Gasteiger partial charge >= 0.3 is 0 Å². The van der Waals surface area contributed by atoms with E-state index in [9.17, 15) is 9.59 Å². The highest BCUT2D eigenvalue weighted by molar-refractivity contribution is 6.00. The average molecular weight is 285 g/mol. The first-order valence-electron chi connectivity index (χ1n) is 7.20. The first-order chi connectivity index (χ1) is 10.1. The van der Waals surface area contributed by atoms with Gasteiger partial charge in [-0.25, -0.2) is 0 Å². The molecule has 0 spiro atoms. The van der Waals surface area contributed by atoms with E-state index in [1.807, 2.05) is 12.1 Å². The zero-order valence-corrected chi connectivity index (χ0v) is 12.3. The number of rotatable bonds is 3. The second-order valence-electron chi connectivity index (χ2n) is 5.54. The van der Waals surface area contributed by atoms with E-state index in [-0.39, 0.29) is 17.7 Å². The fraction of sp³-hybridized carbons (Fsp3) is 0.375. The van der Waals surface area contributed by atoms with Crippen molar-refractivity contribution >= 4 is 11.7 Å². The Morgan fingerprint density at radius 1 is 1.38 bits per heavy atom. The second-order valence-corrected chi connectivity index (χ2v) is 5.54. The van der Waals surface area contributed by atoms with Crippen LogP contribution in [0.25, 0.3) is 0 Å². The molecule has 0 bridgehead atoms. The lowest BCUT2D eigenvalue weighted by Crippen LogP contribution is -2.22. The third kappa shape index (κ3) is 2.45. The number of Topliss-reactive ketones (excluding diaryl/α,β-unsaturated/α-hetero) is 1. The van der Waals surface area contributed by atoms with Crippen LogP contribution in [0.5, 0.6) is 0 Å². The van der Waals surface area contributed by atoms with Crippen molar-refractivity contribution in [2.24, 2.45) is 7.05 Å². The van der Waals surface area contributed by atoms with Gasteiger partial charge < -0.3 is 9.88 Å². The Bertz CT molecular complexity index is 690. The maximum atomic E-state index is 12.7. The van der Waals surface area contributed by atoms with Gasteiger partial charge in [-0.05, 0) is 44.5 Å². The highest BCUT2D eigenvalue weighted by atomic mass is 16.2. The molecule has 1 atom stereocenters. The molecule has 3 rings (SSSR count). The lowest BCUT2D eigenvalue weighted by atomic mass is 10.1. The smallest absolute Gasteiger partial charge is 0.278 e. The summed E-state index contributed by atoms with van der Waals surface area (Å²) in [5.41, 5.74) is 2.08. The molecular weight excluding hydrogens is 266 g/mol. The summed E-state index contributed by atoms with van der Waals surface area (Å²) >= 11 is 0. The molecule has 2 aromatic rings. The Morgan fingerprint density at radius 2 is 2.19 bits per heavy atom. The topological polar surface area (TPSA) is 56.0 Å². The molecule has 0 saturated carbocycles. The molecule has 0 aromatic carbocycles. The molecule has 1 aliphatic heterocycles. The quantitative estimate of drug-likeness (QED) is 0.879. The number of ketones is 1. The number of hydrogen-bond donors (Lipinski definition) is 1. The molecule has 1 saturated heterocycles. The fourth-order valence-electron chi connectivity index (χ4n) is 2.89. The normalized spacial score (nSPS) is 18.1. The first kappa shape index (κ1) is 13.8. The van der Waals surface area contributed by atoms with E-state index in [0.29, 0.717) is 11.3 Å². The summed E-state index contributed by atoms with van der Waals surface area (Å²) < 4.78 is 3.40. The van der Waals surface area contributed by atoms with E-state index in [2.05, 4.69) is 5.32 Å². The summed E-state index contributed by atoms with van der Waals surface area (Å²) in [6.07, 6.45) is 5.66. The van der Waals surface area contributed by atoms with Crippen LogP contribution in [0.4, 0.5) is 0 Å². The first-order valence-corrected chi connectivity index (χ1v) is 7.20. The molecule has 1 fully saturated rings. The molecule has 3 heterocycles. The minimum atomic E-state index is -0.0984. The predicted molar refractivity (Wildman–Crippen MR) is 79.6 cm³/mol. The zero-order chi connectivity index (χ0) is 15.0. The van der Waals surface area contributed by atoms with Crippen molar-refractivity contribution in [2.75, 3.05) is 6.54 Å². The van der Waals surface area contributed by atoms with Crippen molar-refractivity contribution in [3.05, 3.63) is 47.5 Å². The van der Waals surface area contributed by atoms with Crippen LogP contribution in [0.2, 0.25) is 0 Å². The summed E-state index contributed by atoms with van der Waals surface area (Å²) in [5, 5.41) is 3.41. The third-order valence-electron chi connectivity index (χ3n) is 4.05. The van der Waals surface area contributed by atoms with Crippen LogP contribution in [0.3, 0.4) is 0 Å². The monoisotopic (exact) mass is 285 g/mol. The number of nitrogens with zero attached hydrogens (tertiary/aromatic N) is 2. The van der Waals surface area contributed by atoms with Crippen LogP contribution < -0.4 is 5.32 Å². The molecule has 0 radical (unpaired) electrons. The number of carbonyl (C=O) groups is 2. The minimum Gasteiger partial charge on any atom is -0.346 e. The Morgan fingerprint density at radius 3 is 2.81 bits per heavy atom. The van der Waals surface area contributed by atoms with Gasteiger partial charge in [0.1, 0.15) is 5.69 Å². The van der Waals surface area contributed by atoms with Gasteiger partial charge in [-0.3, -0.25) is 14.2 Å². The Labute approximate surface area is 123 Å². The molecule has 0 aliphatic carbocycles. The number of hydrogen-bond acceptors (Lipinski definition) is 3. The predicted octanol–water partition coefficient (Wildman–Crippen LogP) is 2.14. The van der Waals surface area contributed by atoms with Crippen LogP contribution >= 0.6 is 0 Å². The van der Waals surface area contributed by atoms with E-state index >= 15 is 0 Å². The second kappa shape index (κ2) is 5.33. The highest BCUT2D eigenvalue weighted by Gasteiger charge is 2.23. The molecule has 0 unspecified atom stereocenters. The van der Waals surface area contributed by atoms with Crippen LogP contribution in [0.15, 0.2) is 30.6 Å². The van der Waals surface area contributed by atoms with Crippen LogP contribution in [0, 0.1) is 0 Å². The van der Waals surface area contributed by atoms with Crippen molar-refractivity contribution in [3.63, 3.8) is 0 Å². The van der Waals surface area contributed by atoms with Crippen molar-refractivity contribution in [1.29, 1.82) is 0 Å². The Hall–Kier alpha value is -2.14. The van der Waals surface area contributed by atoms with Crippen LogP contribution in [0.1, 0.15) is 52.3 Å². The molecule has 1 N–H and O–H groups in total. The molecule has 0 amide bonds.